The molecule has 0 saturated carbocycles. The number of halogens is 1. The Morgan fingerprint density at radius 3 is 3.00 bits per heavy atom. The van der Waals surface area contributed by atoms with Gasteiger partial charge in [-0.05, 0) is 29.3 Å². The van der Waals surface area contributed by atoms with Crippen molar-refractivity contribution >= 4 is 33.9 Å². The van der Waals surface area contributed by atoms with Gasteiger partial charge in [0.1, 0.15) is 0 Å². The normalized spacial score (nSPS) is 16.8. The lowest BCUT2D eigenvalue weighted by molar-refractivity contribution is -0.107. The van der Waals surface area contributed by atoms with Gasteiger partial charge in [-0.3, -0.25) is 4.79 Å². The maximum Gasteiger partial charge on any atom is 0.245 e. The summed E-state index contributed by atoms with van der Waals surface area (Å²) in [4.78, 5) is 11.2. The third kappa shape index (κ3) is 2.72. The van der Waals surface area contributed by atoms with Gasteiger partial charge in [0.15, 0.2) is 0 Å². The second-order valence-corrected chi connectivity index (χ2v) is 3.18. The molecule has 1 aliphatic rings. The fourth-order valence-corrected chi connectivity index (χ4v) is 1.16. The highest BCUT2D eigenvalue weighted by molar-refractivity contribution is 7.80. The molecule has 0 saturated heterocycles. The molecular formula is C9H7ClOS. The third-order valence-corrected chi connectivity index (χ3v) is 1.96. The van der Waals surface area contributed by atoms with Gasteiger partial charge in [-0.25, -0.2) is 0 Å². The zero-order valence-electron chi connectivity index (χ0n) is 6.29. The number of carbonyl (C=O) groups excluding carboxylic acids is 1. The van der Waals surface area contributed by atoms with Crippen molar-refractivity contribution in [3.8, 4) is 0 Å². The van der Waals surface area contributed by atoms with Crippen molar-refractivity contribution in [3.63, 3.8) is 0 Å². The van der Waals surface area contributed by atoms with Crippen LogP contribution in [0.3, 0.4) is 0 Å². The zero-order valence-corrected chi connectivity index (χ0v) is 7.86. The van der Waals surface area contributed by atoms with Crippen LogP contribution in [0.4, 0.5) is 0 Å². The monoisotopic (exact) mass is 198 g/mol. The Bertz CT molecular complexity index is 300. The van der Waals surface area contributed by atoms with E-state index in [9.17, 15) is 4.79 Å². The quantitative estimate of drug-likeness (QED) is 0.386. The first kappa shape index (κ1) is 9.36. The van der Waals surface area contributed by atoms with Crippen molar-refractivity contribution in [2.45, 2.75) is 6.42 Å². The van der Waals surface area contributed by atoms with Gasteiger partial charge in [0.2, 0.25) is 5.24 Å². The van der Waals surface area contributed by atoms with Gasteiger partial charge in [-0.2, -0.15) is 0 Å². The highest BCUT2D eigenvalue weighted by Gasteiger charge is 2.02. The largest absolute Gasteiger partial charge is 0.276 e. The van der Waals surface area contributed by atoms with Gasteiger partial charge in [-0.1, -0.05) is 30.4 Å². The van der Waals surface area contributed by atoms with Crippen LogP contribution in [0.1, 0.15) is 6.42 Å². The number of allylic oxidation sites excluding steroid dienone is 6. The van der Waals surface area contributed by atoms with E-state index in [0.717, 1.165) is 16.9 Å². The molecule has 0 aromatic heterocycles. The minimum atomic E-state index is -0.478. The fraction of sp³-hybridized carbons (Fsp3) is 0.111. The van der Waals surface area contributed by atoms with Crippen molar-refractivity contribution in [1.82, 2.24) is 0 Å². The Labute approximate surface area is 81.4 Å². The maximum atomic E-state index is 10.4. The first-order valence-electron chi connectivity index (χ1n) is 3.48. The molecule has 1 rings (SSSR count). The molecule has 0 amide bonds. The second-order valence-electron chi connectivity index (χ2n) is 2.31. The van der Waals surface area contributed by atoms with Crippen molar-refractivity contribution in [2.24, 2.45) is 0 Å². The molecule has 0 fully saturated rings. The first-order valence-corrected chi connectivity index (χ1v) is 4.26. The van der Waals surface area contributed by atoms with Crippen molar-refractivity contribution in [1.29, 1.82) is 0 Å². The minimum absolute atomic E-state index is 0.478. The molecule has 0 aliphatic heterocycles. The van der Waals surface area contributed by atoms with Crippen LogP contribution in [-0.4, -0.2) is 10.1 Å². The number of thiocarbonyl (C=S) groups is 1. The third-order valence-electron chi connectivity index (χ3n) is 1.43. The van der Waals surface area contributed by atoms with E-state index < -0.39 is 5.24 Å². The van der Waals surface area contributed by atoms with E-state index in [1.807, 2.05) is 18.2 Å². The van der Waals surface area contributed by atoms with Crippen molar-refractivity contribution in [3.05, 3.63) is 36.0 Å². The molecular weight excluding hydrogens is 192 g/mol. The number of hydrogen-bond acceptors (Lipinski definition) is 2. The minimum Gasteiger partial charge on any atom is -0.276 e. The van der Waals surface area contributed by atoms with E-state index >= 15 is 0 Å². The Morgan fingerprint density at radius 1 is 1.67 bits per heavy atom. The number of rotatable bonds is 2. The van der Waals surface area contributed by atoms with Crippen LogP contribution in [0.15, 0.2) is 36.0 Å². The van der Waals surface area contributed by atoms with E-state index in [0.29, 0.717) is 0 Å². The summed E-state index contributed by atoms with van der Waals surface area (Å²) in [7, 11) is 0. The lowest BCUT2D eigenvalue weighted by Crippen LogP contribution is -1.98. The van der Waals surface area contributed by atoms with Crippen LogP contribution >= 0.6 is 23.8 Å². The lowest BCUT2D eigenvalue weighted by atomic mass is 10.0. The Balaban J connectivity index is 2.74. The van der Waals surface area contributed by atoms with Gasteiger partial charge in [0.25, 0.3) is 0 Å². The van der Waals surface area contributed by atoms with Gasteiger partial charge in [-0.15, -0.1) is 0 Å². The molecule has 0 heterocycles. The summed E-state index contributed by atoms with van der Waals surface area (Å²) in [5.74, 6) is 0. The molecule has 0 N–H and O–H groups in total. The summed E-state index contributed by atoms with van der Waals surface area (Å²) in [5.41, 5.74) is 0.890. The van der Waals surface area contributed by atoms with Crippen LogP contribution in [-0.2, 0) is 4.79 Å². The Morgan fingerprint density at radius 2 is 2.42 bits per heavy atom. The molecule has 1 aliphatic carbocycles. The van der Waals surface area contributed by atoms with Crippen LogP contribution < -0.4 is 0 Å². The second kappa shape index (κ2) is 4.33. The van der Waals surface area contributed by atoms with E-state index in [1.165, 1.54) is 6.08 Å². The summed E-state index contributed by atoms with van der Waals surface area (Å²) in [5, 5.41) is -0.478. The van der Waals surface area contributed by atoms with Gasteiger partial charge in [0, 0.05) is 11.3 Å². The molecule has 3 heteroatoms. The first-order chi connectivity index (χ1) is 5.70. The van der Waals surface area contributed by atoms with Crippen molar-refractivity contribution < 1.29 is 4.79 Å². The lowest BCUT2D eigenvalue weighted by Gasteiger charge is -2.04. The zero-order chi connectivity index (χ0) is 8.97. The number of carbonyl (C=O) groups is 1. The molecule has 0 unspecified atom stereocenters. The molecule has 0 bridgehead atoms. The Hall–Kier alpha value is -0.730. The average molecular weight is 199 g/mol. The van der Waals surface area contributed by atoms with Gasteiger partial charge < -0.3 is 0 Å². The SMILES string of the molecule is O=C(Cl)/C=C/C1=CC=CCC1=S. The molecule has 12 heavy (non-hydrogen) atoms. The number of hydrogen-bond donors (Lipinski definition) is 0. The predicted molar refractivity (Wildman–Crippen MR) is 54.4 cm³/mol. The summed E-state index contributed by atoms with van der Waals surface area (Å²) in [6.45, 7) is 0. The van der Waals surface area contributed by atoms with Gasteiger partial charge in [0.05, 0.1) is 0 Å². The fourth-order valence-electron chi connectivity index (χ4n) is 0.861. The molecule has 1 nitrogen and oxygen atoms in total. The standard InChI is InChI=1S/C9H7ClOS/c10-9(11)6-5-7-3-1-2-4-8(7)12/h1-3,5-6H,4H2/b6-5+. The maximum absolute atomic E-state index is 10.4. The van der Waals surface area contributed by atoms with E-state index in [4.69, 9.17) is 23.8 Å². The van der Waals surface area contributed by atoms with Crippen LogP contribution in [0.5, 0.6) is 0 Å². The topological polar surface area (TPSA) is 17.1 Å². The summed E-state index contributed by atoms with van der Waals surface area (Å²) in [6.07, 6.45) is 9.46. The van der Waals surface area contributed by atoms with E-state index in [1.54, 1.807) is 6.08 Å². The van der Waals surface area contributed by atoms with E-state index in [-0.39, 0.29) is 0 Å². The molecule has 0 radical (unpaired) electrons. The molecule has 0 aromatic rings. The summed E-state index contributed by atoms with van der Waals surface area (Å²) < 4.78 is 0. The Kier molecular flexibility index (Phi) is 3.38. The smallest absolute Gasteiger partial charge is 0.245 e. The predicted octanol–water partition coefficient (Wildman–Crippen LogP) is 2.56. The van der Waals surface area contributed by atoms with Gasteiger partial charge >= 0.3 is 0 Å². The summed E-state index contributed by atoms with van der Waals surface area (Å²) >= 11 is 10.2. The highest BCUT2D eigenvalue weighted by atomic mass is 35.5. The van der Waals surface area contributed by atoms with E-state index in [2.05, 4.69) is 0 Å². The molecule has 0 aromatic carbocycles. The van der Waals surface area contributed by atoms with Crippen LogP contribution in [0.25, 0.3) is 0 Å². The van der Waals surface area contributed by atoms with Crippen molar-refractivity contribution in [2.75, 3.05) is 0 Å². The van der Waals surface area contributed by atoms with Crippen LogP contribution in [0, 0.1) is 0 Å². The van der Waals surface area contributed by atoms with Crippen LogP contribution in [0.2, 0.25) is 0 Å². The molecule has 0 spiro atoms. The average Bonchev–Trinajstić information content (AvgIpc) is 2.03. The highest BCUT2D eigenvalue weighted by Crippen LogP contribution is 2.11. The molecule has 0 atom stereocenters. The molecule has 62 valence electrons. The summed E-state index contributed by atoms with van der Waals surface area (Å²) in [6, 6.07) is 0.